The van der Waals surface area contributed by atoms with Gasteiger partial charge >= 0.3 is 0 Å². The molecule has 0 radical (unpaired) electrons. The van der Waals surface area contributed by atoms with Gasteiger partial charge in [-0.2, -0.15) is 10.2 Å². The third kappa shape index (κ3) is 4.48. The molecule has 0 aliphatic carbocycles. The lowest BCUT2D eigenvalue weighted by molar-refractivity contribution is 0.101. The Labute approximate surface area is 151 Å². The van der Waals surface area contributed by atoms with E-state index < -0.39 is 0 Å². The number of carbonyl (C=O) groups excluding carboxylic acids is 2. The highest BCUT2D eigenvalue weighted by Crippen LogP contribution is 2.20. The topological polar surface area (TPSA) is 70.9 Å². The number of nitrogens with zero attached hydrogens (tertiary/aromatic N) is 2. The van der Waals surface area contributed by atoms with E-state index >= 15 is 0 Å². The average molecular weight is 343 g/mol. The van der Waals surface area contributed by atoms with Gasteiger partial charge in [-0.1, -0.05) is 30.3 Å². The summed E-state index contributed by atoms with van der Waals surface area (Å²) in [5, 5.41) is 11.1. The molecule has 1 amide bonds. The average Bonchev–Trinajstić information content (AvgIpc) is 2.68. The first kappa shape index (κ1) is 17.2. The van der Waals surface area contributed by atoms with E-state index in [2.05, 4.69) is 15.5 Å². The Balaban J connectivity index is 1.64. The monoisotopic (exact) mass is 343 g/mol. The van der Waals surface area contributed by atoms with E-state index in [1.807, 2.05) is 30.3 Å². The fourth-order valence-corrected chi connectivity index (χ4v) is 2.28. The molecule has 0 fully saturated rings. The highest BCUT2D eigenvalue weighted by Gasteiger charge is 2.07. The number of anilines is 1. The van der Waals surface area contributed by atoms with Gasteiger partial charge in [0.15, 0.2) is 5.78 Å². The first-order chi connectivity index (χ1) is 12.6. The second-order valence-corrected chi connectivity index (χ2v) is 5.67. The number of rotatable bonds is 5. The zero-order chi connectivity index (χ0) is 18.4. The van der Waals surface area contributed by atoms with Crippen molar-refractivity contribution in [2.24, 2.45) is 10.2 Å². The summed E-state index contributed by atoms with van der Waals surface area (Å²) in [7, 11) is 0. The van der Waals surface area contributed by atoms with Crippen LogP contribution in [-0.4, -0.2) is 11.7 Å². The number of amides is 1. The predicted octanol–water partition coefficient (Wildman–Crippen LogP) is 5.56. The van der Waals surface area contributed by atoms with Gasteiger partial charge in [0.1, 0.15) is 0 Å². The lowest BCUT2D eigenvalue weighted by Gasteiger charge is -2.06. The van der Waals surface area contributed by atoms with Crippen LogP contribution in [0.4, 0.5) is 17.1 Å². The molecule has 0 saturated heterocycles. The van der Waals surface area contributed by atoms with Crippen LogP contribution in [0.2, 0.25) is 0 Å². The molecular weight excluding hydrogens is 326 g/mol. The van der Waals surface area contributed by atoms with Crippen LogP contribution in [0.3, 0.4) is 0 Å². The van der Waals surface area contributed by atoms with Crippen molar-refractivity contribution in [3.8, 4) is 0 Å². The lowest BCUT2D eigenvalue weighted by atomic mass is 10.1. The lowest BCUT2D eigenvalue weighted by Crippen LogP contribution is -2.11. The fraction of sp³-hybridized carbons (Fsp3) is 0.0476. The zero-order valence-electron chi connectivity index (χ0n) is 14.2. The van der Waals surface area contributed by atoms with Crippen molar-refractivity contribution >= 4 is 28.8 Å². The van der Waals surface area contributed by atoms with Crippen LogP contribution in [0.5, 0.6) is 0 Å². The molecule has 0 saturated carbocycles. The van der Waals surface area contributed by atoms with Gasteiger partial charge in [-0.15, -0.1) is 0 Å². The van der Waals surface area contributed by atoms with Crippen LogP contribution in [0.25, 0.3) is 0 Å². The summed E-state index contributed by atoms with van der Waals surface area (Å²) in [4.78, 5) is 23.5. The predicted molar refractivity (Wildman–Crippen MR) is 101 cm³/mol. The van der Waals surface area contributed by atoms with Crippen LogP contribution in [-0.2, 0) is 0 Å². The first-order valence-corrected chi connectivity index (χ1v) is 8.11. The largest absolute Gasteiger partial charge is 0.322 e. The van der Waals surface area contributed by atoms with Crippen LogP contribution in [0, 0.1) is 0 Å². The van der Waals surface area contributed by atoms with Crippen LogP contribution in [0.1, 0.15) is 27.6 Å². The SMILES string of the molecule is CC(=O)c1ccc(C(=O)Nc2ccc(N=Nc3ccccc3)cc2)cc1. The van der Waals surface area contributed by atoms with Gasteiger partial charge in [0.25, 0.3) is 5.91 Å². The molecule has 128 valence electrons. The maximum atomic E-state index is 12.3. The van der Waals surface area contributed by atoms with Crippen LogP contribution >= 0.6 is 0 Å². The van der Waals surface area contributed by atoms with Crippen LogP contribution < -0.4 is 5.32 Å². The Morgan fingerprint density at radius 1 is 0.692 bits per heavy atom. The normalized spacial score (nSPS) is 10.7. The molecule has 1 N–H and O–H groups in total. The molecule has 0 aromatic heterocycles. The van der Waals surface area contributed by atoms with E-state index in [0.717, 1.165) is 5.69 Å². The fourth-order valence-electron chi connectivity index (χ4n) is 2.28. The second-order valence-electron chi connectivity index (χ2n) is 5.67. The molecule has 5 nitrogen and oxygen atoms in total. The first-order valence-electron chi connectivity index (χ1n) is 8.11. The summed E-state index contributed by atoms with van der Waals surface area (Å²) in [5.74, 6) is -0.268. The van der Waals surface area contributed by atoms with Gasteiger partial charge in [0.05, 0.1) is 11.4 Å². The minimum Gasteiger partial charge on any atom is -0.322 e. The number of hydrogen-bond acceptors (Lipinski definition) is 4. The van der Waals surface area contributed by atoms with Crippen molar-refractivity contribution in [1.82, 2.24) is 0 Å². The third-order valence-corrected chi connectivity index (χ3v) is 3.72. The Hall–Kier alpha value is -3.60. The molecule has 26 heavy (non-hydrogen) atoms. The zero-order valence-corrected chi connectivity index (χ0v) is 14.2. The van der Waals surface area contributed by atoms with Crippen molar-refractivity contribution in [3.63, 3.8) is 0 Å². The molecule has 0 bridgehead atoms. The van der Waals surface area contributed by atoms with Crippen molar-refractivity contribution in [2.45, 2.75) is 6.92 Å². The number of azo groups is 1. The maximum Gasteiger partial charge on any atom is 0.255 e. The van der Waals surface area contributed by atoms with Crippen LogP contribution in [0.15, 0.2) is 89.1 Å². The summed E-state index contributed by atoms with van der Waals surface area (Å²) in [6.45, 7) is 1.49. The molecular formula is C21H17N3O2. The van der Waals surface area contributed by atoms with E-state index in [1.54, 1.807) is 48.5 Å². The Morgan fingerprint density at radius 3 is 1.81 bits per heavy atom. The second kappa shape index (κ2) is 7.98. The van der Waals surface area contributed by atoms with Crippen molar-refractivity contribution < 1.29 is 9.59 Å². The Kier molecular flexibility index (Phi) is 5.29. The Morgan fingerprint density at radius 2 is 1.23 bits per heavy atom. The molecule has 3 aromatic carbocycles. The minimum atomic E-state index is -0.237. The standard InChI is InChI=1S/C21H17N3O2/c1-15(25)16-7-9-17(10-8-16)21(26)22-18-11-13-20(14-12-18)24-23-19-5-3-2-4-6-19/h2-14H,1H3,(H,22,26). The van der Waals surface area contributed by atoms with Gasteiger partial charge < -0.3 is 5.32 Å². The molecule has 0 unspecified atom stereocenters. The molecule has 0 aliphatic heterocycles. The quantitative estimate of drug-likeness (QED) is 0.487. The molecule has 5 heteroatoms. The maximum absolute atomic E-state index is 12.3. The van der Waals surface area contributed by atoms with E-state index in [9.17, 15) is 9.59 Å². The number of nitrogens with one attached hydrogen (secondary N) is 1. The number of ketones is 1. The number of carbonyl (C=O) groups is 2. The summed E-state index contributed by atoms with van der Waals surface area (Å²) in [6.07, 6.45) is 0. The van der Waals surface area contributed by atoms with Gasteiger partial charge in [-0.25, -0.2) is 0 Å². The van der Waals surface area contributed by atoms with Crippen molar-refractivity contribution in [3.05, 3.63) is 90.0 Å². The summed E-state index contributed by atoms with van der Waals surface area (Å²) < 4.78 is 0. The minimum absolute atomic E-state index is 0.0304. The Bertz CT molecular complexity index is 931. The highest BCUT2D eigenvalue weighted by atomic mass is 16.1. The smallest absolute Gasteiger partial charge is 0.255 e. The molecule has 0 atom stereocenters. The highest BCUT2D eigenvalue weighted by molar-refractivity contribution is 6.05. The van der Waals surface area contributed by atoms with Gasteiger partial charge in [0.2, 0.25) is 0 Å². The number of Topliss-reactive ketones (excluding diaryl/α,β-unsaturated/α-hetero) is 1. The summed E-state index contributed by atoms with van der Waals surface area (Å²) in [5.41, 5.74) is 3.19. The van der Waals surface area contributed by atoms with E-state index in [-0.39, 0.29) is 11.7 Å². The van der Waals surface area contributed by atoms with E-state index in [1.165, 1.54) is 6.92 Å². The molecule has 0 spiro atoms. The van der Waals surface area contributed by atoms with Crippen molar-refractivity contribution in [1.29, 1.82) is 0 Å². The molecule has 3 aromatic rings. The molecule has 3 rings (SSSR count). The molecule has 0 heterocycles. The van der Waals surface area contributed by atoms with Gasteiger partial charge in [0, 0.05) is 16.8 Å². The van der Waals surface area contributed by atoms with E-state index in [4.69, 9.17) is 0 Å². The van der Waals surface area contributed by atoms with Gasteiger partial charge in [-0.3, -0.25) is 9.59 Å². The summed E-state index contributed by atoms with van der Waals surface area (Å²) in [6, 6.07) is 23.1. The third-order valence-electron chi connectivity index (χ3n) is 3.72. The molecule has 0 aliphatic rings. The number of benzene rings is 3. The summed E-state index contributed by atoms with van der Waals surface area (Å²) >= 11 is 0. The van der Waals surface area contributed by atoms with E-state index in [0.29, 0.717) is 22.5 Å². The number of hydrogen-bond donors (Lipinski definition) is 1. The van der Waals surface area contributed by atoms with Crippen molar-refractivity contribution in [2.75, 3.05) is 5.32 Å². The van der Waals surface area contributed by atoms with Gasteiger partial charge in [-0.05, 0) is 55.5 Å².